The lowest BCUT2D eigenvalue weighted by atomic mass is 10.2. The normalized spacial score (nSPS) is 12.4. The summed E-state index contributed by atoms with van der Waals surface area (Å²) < 4.78 is 6.27. The molecule has 0 spiro atoms. The van der Waals surface area contributed by atoms with E-state index in [1.54, 1.807) is 34.4 Å². The van der Waals surface area contributed by atoms with Gasteiger partial charge in [0, 0.05) is 17.8 Å². The summed E-state index contributed by atoms with van der Waals surface area (Å²) in [6.45, 7) is 5.06. The number of aryl methyl sites for hydroxylation is 1. The van der Waals surface area contributed by atoms with E-state index in [1.165, 1.54) is 4.88 Å². The van der Waals surface area contributed by atoms with Crippen molar-refractivity contribution in [1.29, 1.82) is 0 Å². The van der Waals surface area contributed by atoms with E-state index >= 15 is 0 Å². The van der Waals surface area contributed by atoms with Gasteiger partial charge in [-0.05, 0) is 31.2 Å². The molecule has 1 N–H and O–H groups in total. The third kappa shape index (κ3) is 5.52. The summed E-state index contributed by atoms with van der Waals surface area (Å²) in [5, 5.41) is 18.8. The zero-order valence-corrected chi connectivity index (χ0v) is 16.7. The first-order valence-corrected chi connectivity index (χ1v) is 10.9. The van der Waals surface area contributed by atoms with Crippen molar-refractivity contribution < 1.29 is 4.52 Å². The van der Waals surface area contributed by atoms with Gasteiger partial charge in [0.2, 0.25) is 11.0 Å². The number of thioether (sulfide) groups is 1. The molecule has 6 nitrogen and oxygen atoms in total. The fraction of sp³-hybridized carbons (Fsp3) is 0.500. The van der Waals surface area contributed by atoms with Crippen LogP contribution in [0.25, 0.3) is 0 Å². The number of rotatable bonds is 10. The zero-order valence-electron chi connectivity index (χ0n) is 14.3. The summed E-state index contributed by atoms with van der Waals surface area (Å²) >= 11 is 4.93. The minimum Gasteiger partial charge on any atom is -0.360 e. The maximum absolute atomic E-state index is 5.37. The number of nitrogens with zero attached hydrogens (tertiary/aromatic N) is 4. The Morgan fingerprint density at radius 1 is 1.32 bits per heavy atom. The first kappa shape index (κ1) is 18.3. The van der Waals surface area contributed by atoms with Crippen molar-refractivity contribution in [2.24, 2.45) is 0 Å². The molecule has 3 rings (SSSR count). The van der Waals surface area contributed by atoms with Crippen molar-refractivity contribution in [3.63, 3.8) is 0 Å². The fourth-order valence-corrected chi connectivity index (χ4v) is 4.81. The molecule has 0 aliphatic rings. The molecule has 1 atom stereocenters. The van der Waals surface area contributed by atoms with Crippen LogP contribution in [0, 0.1) is 0 Å². The zero-order chi connectivity index (χ0) is 17.5. The average molecular weight is 396 g/mol. The van der Waals surface area contributed by atoms with Gasteiger partial charge in [-0.3, -0.25) is 0 Å². The lowest BCUT2D eigenvalue weighted by molar-refractivity contribution is 0.374. The molecule has 134 valence electrons. The van der Waals surface area contributed by atoms with Crippen molar-refractivity contribution in [3.8, 4) is 0 Å². The Labute approximate surface area is 159 Å². The molecule has 0 aliphatic heterocycles. The molecule has 0 aromatic carbocycles. The maximum Gasteiger partial charge on any atom is 0.239 e. The first-order chi connectivity index (χ1) is 12.2. The van der Waals surface area contributed by atoms with E-state index in [1.807, 2.05) is 6.92 Å². The van der Waals surface area contributed by atoms with Crippen LogP contribution in [-0.2, 0) is 12.8 Å². The van der Waals surface area contributed by atoms with Crippen LogP contribution in [0.15, 0.2) is 26.4 Å². The Morgan fingerprint density at radius 2 is 2.24 bits per heavy atom. The summed E-state index contributed by atoms with van der Waals surface area (Å²) in [5.74, 6) is 1.44. The highest BCUT2D eigenvalue weighted by molar-refractivity contribution is 8.01. The van der Waals surface area contributed by atoms with Gasteiger partial charge in [-0.1, -0.05) is 47.7 Å². The van der Waals surface area contributed by atoms with Crippen LogP contribution in [0.2, 0.25) is 0 Å². The van der Waals surface area contributed by atoms with E-state index in [9.17, 15) is 0 Å². The van der Waals surface area contributed by atoms with Crippen molar-refractivity contribution in [2.45, 2.75) is 49.1 Å². The van der Waals surface area contributed by atoms with Crippen LogP contribution >= 0.6 is 34.4 Å². The highest BCUT2D eigenvalue weighted by Gasteiger charge is 2.18. The van der Waals surface area contributed by atoms with Crippen LogP contribution < -0.4 is 5.32 Å². The standard InChI is InChI=1S/C16H21N5OS3/c1-3-4-7-13-18-14(22-21-13)11(2)24-16-20-19-15(25-16)17-9-8-12-6-5-10-23-12/h5-6,10-11H,3-4,7-9H2,1-2H3,(H,17,19). The molecule has 0 bridgehead atoms. The smallest absolute Gasteiger partial charge is 0.239 e. The molecule has 0 fully saturated rings. The van der Waals surface area contributed by atoms with Crippen LogP contribution in [0.5, 0.6) is 0 Å². The molecule has 9 heteroatoms. The van der Waals surface area contributed by atoms with E-state index in [0.29, 0.717) is 5.89 Å². The maximum atomic E-state index is 5.37. The third-order valence-electron chi connectivity index (χ3n) is 3.50. The second-order valence-corrected chi connectivity index (χ2v) is 9.14. The van der Waals surface area contributed by atoms with Gasteiger partial charge in [0.1, 0.15) is 0 Å². The molecule has 3 aromatic rings. The highest BCUT2D eigenvalue weighted by Crippen LogP contribution is 2.36. The number of nitrogens with one attached hydrogen (secondary N) is 1. The number of anilines is 1. The molecular formula is C16H21N5OS3. The van der Waals surface area contributed by atoms with Crippen LogP contribution in [0.4, 0.5) is 5.13 Å². The number of aromatic nitrogens is 4. The van der Waals surface area contributed by atoms with Crippen molar-refractivity contribution in [3.05, 3.63) is 34.1 Å². The largest absolute Gasteiger partial charge is 0.360 e. The summed E-state index contributed by atoms with van der Waals surface area (Å²) in [5.41, 5.74) is 0. The van der Waals surface area contributed by atoms with Gasteiger partial charge in [0.05, 0.1) is 5.25 Å². The Morgan fingerprint density at radius 3 is 3.04 bits per heavy atom. The summed E-state index contributed by atoms with van der Waals surface area (Å²) in [6, 6.07) is 4.22. The van der Waals surface area contributed by atoms with Gasteiger partial charge in [0.15, 0.2) is 10.2 Å². The minimum absolute atomic E-state index is 0.0646. The van der Waals surface area contributed by atoms with Crippen molar-refractivity contribution in [2.75, 3.05) is 11.9 Å². The molecule has 0 saturated carbocycles. The number of thiophene rings is 1. The first-order valence-electron chi connectivity index (χ1n) is 8.33. The summed E-state index contributed by atoms with van der Waals surface area (Å²) in [6.07, 6.45) is 4.08. The molecule has 1 unspecified atom stereocenters. The van der Waals surface area contributed by atoms with Gasteiger partial charge in [-0.2, -0.15) is 4.98 Å². The molecular weight excluding hydrogens is 374 g/mol. The highest BCUT2D eigenvalue weighted by atomic mass is 32.2. The molecule has 0 amide bonds. The van der Waals surface area contributed by atoms with Crippen LogP contribution in [0.1, 0.15) is 48.5 Å². The second-order valence-electron chi connectivity index (χ2n) is 5.54. The second kappa shape index (κ2) is 9.30. The average Bonchev–Trinajstić information content (AvgIpc) is 3.35. The van der Waals surface area contributed by atoms with Crippen LogP contribution in [-0.4, -0.2) is 26.9 Å². The van der Waals surface area contributed by atoms with E-state index in [2.05, 4.69) is 50.1 Å². The SMILES string of the molecule is CCCCc1noc(C(C)Sc2nnc(NCCc3cccs3)s2)n1. The molecule has 3 heterocycles. The number of hydrogen-bond donors (Lipinski definition) is 1. The predicted octanol–water partition coefficient (Wildman–Crippen LogP) is 4.83. The summed E-state index contributed by atoms with van der Waals surface area (Å²) in [4.78, 5) is 5.84. The Kier molecular flexibility index (Phi) is 6.83. The summed E-state index contributed by atoms with van der Waals surface area (Å²) in [7, 11) is 0. The lowest BCUT2D eigenvalue weighted by Gasteiger charge is -2.01. The van der Waals surface area contributed by atoms with E-state index in [-0.39, 0.29) is 5.25 Å². The molecule has 3 aromatic heterocycles. The van der Waals surface area contributed by atoms with E-state index in [0.717, 1.165) is 47.5 Å². The van der Waals surface area contributed by atoms with Crippen molar-refractivity contribution >= 4 is 39.6 Å². The topological polar surface area (TPSA) is 76.7 Å². The monoisotopic (exact) mass is 395 g/mol. The fourth-order valence-electron chi connectivity index (χ4n) is 2.15. The van der Waals surface area contributed by atoms with E-state index < -0.39 is 0 Å². The third-order valence-corrected chi connectivity index (χ3v) is 6.49. The van der Waals surface area contributed by atoms with Gasteiger partial charge in [-0.25, -0.2) is 0 Å². The molecule has 25 heavy (non-hydrogen) atoms. The molecule has 0 aliphatic carbocycles. The molecule has 0 radical (unpaired) electrons. The number of unbranched alkanes of at least 4 members (excludes halogenated alkanes) is 1. The van der Waals surface area contributed by atoms with Gasteiger partial charge >= 0.3 is 0 Å². The van der Waals surface area contributed by atoms with Gasteiger partial charge < -0.3 is 9.84 Å². The minimum atomic E-state index is 0.0646. The Bertz CT molecular complexity index is 756. The van der Waals surface area contributed by atoms with Crippen LogP contribution in [0.3, 0.4) is 0 Å². The Hall–Kier alpha value is -1.45. The van der Waals surface area contributed by atoms with E-state index in [4.69, 9.17) is 4.52 Å². The predicted molar refractivity (Wildman–Crippen MR) is 104 cm³/mol. The molecule has 0 saturated heterocycles. The van der Waals surface area contributed by atoms with Gasteiger partial charge in [0.25, 0.3) is 0 Å². The quantitative estimate of drug-likeness (QED) is 0.492. The Balaban J connectivity index is 1.47. The lowest BCUT2D eigenvalue weighted by Crippen LogP contribution is -2.03. The van der Waals surface area contributed by atoms with Gasteiger partial charge in [-0.15, -0.1) is 21.5 Å². The number of hydrogen-bond acceptors (Lipinski definition) is 9. The van der Waals surface area contributed by atoms with Crippen molar-refractivity contribution in [1.82, 2.24) is 20.3 Å².